The largest absolute Gasteiger partial charge is 0.480 e. The van der Waals surface area contributed by atoms with E-state index in [-0.39, 0.29) is 0 Å². The number of rotatable bonds is 9. The first-order valence-corrected chi connectivity index (χ1v) is 8.25. The van der Waals surface area contributed by atoms with Crippen LogP contribution in [0.25, 0.3) is 0 Å². The Morgan fingerprint density at radius 3 is 2.52 bits per heavy atom. The third-order valence-corrected chi connectivity index (χ3v) is 3.79. The predicted molar refractivity (Wildman–Crippen MR) is 85.3 cm³/mol. The Labute approximate surface area is 129 Å². The van der Waals surface area contributed by atoms with Crippen molar-refractivity contribution in [2.75, 3.05) is 12.0 Å². The van der Waals surface area contributed by atoms with Gasteiger partial charge in [-0.2, -0.15) is 11.8 Å². The van der Waals surface area contributed by atoms with Gasteiger partial charge in [0, 0.05) is 0 Å². The maximum atomic E-state index is 11.9. The first kappa shape index (κ1) is 17.5. The third-order valence-electron chi connectivity index (χ3n) is 3.15. The van der Waals surface area contributed by atoms with E-state index in [0.717, 1.165) is 5.56 Å². The molecule has 21 heavy (non-hydrogen) atoms. The number of hydrogen-bond acceptors (Lipinski definition) is 4. The molecule has 0 aliphatic heterocycles. The molecular formula is C15H22N2O3S. The summed E-state index contributed by atoms with van der Waals surface area (Å²) in [4.78, 5) is 23.0. The molecule has 4 N–H and O–H groups in total. The molecule has 0 aliphatic rings. The Morgan fingerprint density at radius 1 is 1.29 bits per heavy atom. The third kappa shape index (κ3) is 6.64. The van der Waals surface area contributed by atoms with Gasteiger partial charge >= 0.3 is 5.97 Å². The predicted octanol–water partition coefficient (Wildman–Crippen LogP) is 1.27. The van der Waals surface area contributed by atoms with E-state index < -0.39 is 24.0 Å². The quantitative estimate of drug-likeness (QED) is 0.639. The van der Waals surface area contributed by atoms with Crippen LogP contribution in [0.5, 0.6) is 0 Å². The number of benzene rings is 1. The SMILES string of the molecule is CSCCC(NC(=O)[C@@H](N)CCc1ccccc1)C(=O)O. The van der Waals surface area contributed by atoms with Crippen molar-refractivity contribution in [2.45, 2.75) is 31.3 Å². The van der Waals surface area contributed by atoms with Crippen LogP contribution in [0.15, 0.2) is 30.3 Å². The Kier molecular flexibility index (Phi) is 7.85. The summed E-state index contributed by atoms with van der Waals surface area (Å²) in [5, 5.41) is 11.6. The lowest BCUT2D eigenvalue weighted by atomic mass is 10.0. The summed E-state index contributed by atoms with van der Waals surface area (Å²) in [6.07, 6.45) is 3.47. The summed E-state index contributed by atoms with van der Waals surface area (Å²) in [6, 6.07) is 8.19. The molecule has 1 unspecified atom stereocenters. The summed E-state index contributed by atoms with van der Waals surface area (Å²) in [7, 11) is 0. The van der Waals surface area contributed by atoms with E-state index in [0.29, 0.717) is 25.0 Å². The number of carbonyl (C=O) groups is 2. The molecule has 0 saturated carbocycles. The van der Waals surface area contributed by atoms with Gasteiger partial charge in [0.05, 0.1) is 6.04 Å². The molecule has 0 saturated heterocycles. The van der Waals surface area contributed by atoms with Crippen LogP contribution in [0.4, 0.5) is 0 Å². The van der Waals surface area contributed by atoms with Gasteiger partial charge in [-0.3, -0.25) is 4.79 Å². The van der Waals surface area contributed by atoms with Crippen molar-refractivity contribution in [1.29, 1.82) is 0 Å². The summed E-state index contributed by atoms with van der Waals surface area (Å²) in [6.45, 7) is 0. The Balaban J connectivity index is 2.43. The zero-order chi connectivity index (χ0) is 15.7. The average Bonchev–Trinajstić information content (AvgIpc) is 2.49. The minimum absolute atomic E-state index is 0.396. The molecule has 0 fully saturated rings. The molecule has 0 aliphatic carbocycles. The molecule has 0 aromatic heterocycles. The number of carboxylic acid groups (broad SMARTS) is 1. The van der Waals surface area contributed by atoms with E-state index >= 15 is 0 Å². The second kappa shape index (κ2) is 9.41. The molecule has 1 aromatic carbocycles. The topological polar surface area (TPSA) is 92.4 Å². The van der Waals surface area contributed by atoms with Crippen LogP contribution in [0.2, 0.25) is 0 Å². The Hall–Kier alpha value is -1.53. The highest BCUT2D eigenvalue weighted by molar-refractivity contribution is 7.98. The first-order valence-electron chi connectivity index (χ1n) is 6.86. The standard InChI is InChI=1S/C15H22N2O3S/c1-21-10-9-13(15(19)20)17-14(18)12(16)8-7-11-5-3-2-4-6-11/h2-6,12-13H,7-10,16H2,1H3,(H,17,18)(H,19,20)/t12-,13?/m0/s1. The maximum absolute atomic E-state index is 11.9. The Bertz CT molecular complexity index is 453. The monoisotopic (exact) mass is 310 g/mol. The van der Waals surface area contributed by atoms with Gasteiger partial charge in [-0.15, -0.1) is 0 Å². The van der Waals surface area contributed by atoms with Crippen molar-refractivity contribution in [3.8, 4) is 0 Å². The van der Waals surface area contributed by atoms with Crippen molar-refractivity contribution in [2.24, 2.45) is 5.73 Å². The number of carboxylic acids is 1. The zero-order valence-corrected chi connectivity index (χ0v) is 12.9. The molecular weight excluding hydrogens is 288 g/mol. The second-order valence-corrected chi connectivity index (χ2v) is 5.80. The molecule has 1 aromatic rings. The van der Waals surface area contributed by atoms with Crippen molar-refractivity contribution in [1.82, 2.24) is 5.32 Å². The highest BCUT2D eigenvalue weighted by Crippen LogP contribution is 2.05. The number of amides is 1. The highest BCUT2D eigenvalue weighted by atomic mass is 32.2. The van der Waals surface area contributed by atoms with Gasteiger partial charge in [-0.1, -0.05) is 30.3 Å². The van der Waals surface area contributed by atoms with E-state index in [2.05, 4.69) is 5.32 Å². The highest BCUT2D eigenvalue weighted by Gasteiger charge is 2.22. The van der Waals surface area contributed by atoms with Crippen LogP contribution >= 0.6 is 11.8 Å². The van der Waals surface area contributed by atoms with Gasteiger partial charge in [-0.05, 0) is 36.8 Å². The van der Waals surface area contributed by atoms with E-state index in [1.807, 2.05) is 36.6 Å². The number of carbonyl (C=O) groups excluding carboxylic acids is 1. The lowest BCUT2D eigenvalue weighted by molar-refractivity contribution is -0.142. The smallest absolute Gasteiger partial charge is 0.326 e. The molecule has 116 valence electrons. The fourth-order valence-electron chi connectivity index (χ4n) is 1.87. The van der Waals surface area contributed by atoms with Gasteiger partial charge in [0.2, 0.25) is 5.91 Å². The fraction of sp³-hybridized carbons (Fsp3) is 0.467. The molecule has 5 nitrogen and oxygen atoms in total. The van der Waals surface area contributed by atoms with Crippen LogP contribution < -0.4 is 11.1 Å². The second-order valence-electron chi connectivity index (χ2n) is 4.81. The number of aryl methyl sites for hydroxylation is 1. The number of nitrogens with two attached hydrogens (primary N) is 1. The number of thioether (sulfide) groups is 1. The summed E-state index contributed by atoms with van der Waals surface area (Å²) >= 11 is 1.54. The normalized spacial score (nSPS) is 13.4. The lowest BCUT2D eigenvalue weighted by Crippen LogP contribution is -2.48. The van der Waals surface area contributed by atoms with Crippen LogP contribution in [-0.4, -0.2) is 41.1 Å². The van der Waals surface area contributed by atoms with Crippen LogP contribution in [0, 0.1) is 0 Å². The van der Waals surface area contributed by atoms with E-state index in [4.69, 9.17) is 10.8 Å². The van der Waals surface area contributed by atoms with E-state index in [1.165, 1.54) is 0 Å². The van der Waals surface area contributed by atoms with Gasteiger partial charge in [0.25, 0.3) is 0 Å². The number of aliphatic carboxylic acids is 1. The van der Waals surface area contributed by atoms with Gasteiger partial charge in [0.1, 0.15) is 6.04 Å². The van der Waals surface area contributed by atoms with E-state index in [9.17, 15) is 9.59 Å². The molecule has 0 heterocycles. The molecule has 6 heteroatoms. The molecule has 0 bridgehead atoms. The lowest BCUT2D eigenvalue weighted by Gasteiger charge is -2.17. The molecule has 0 radical (unpaired) electrons. The zero-order valence-electron chi connectivity index (χ0n) is 12.1. The van der Waals surface area contributed by atoms with Gasteiger partial charge in [0.15, 0.2) is 0 Å². The Morgan fingerprint density at radius 2 is 1.95 bits per heavy atom. The van der Waals surface area contributed by atoms with E-state index in [1.54, 1.807) is 11.8 Å². The fourth-order valence-corrected chi connectivity index (χ4v) is 2.34. The molecule has 1 rings (SSSR count). The molecule has 2 atom stereocenters. The van der Waals surface area contributed by atoms with Crippen molar-refractivity contribution in [3.05, 3.63) is 35.9 Å². The minimum Gasteiger partial charge on any atom is -0.480 e. The van der Waals surface area contributed by atoms with Crippen molar-refractivity contribution in [3.63, 3.8) is 0 Å². The summed E-state index contributed by atoms with van der Waals surface area (Å²) < 4.78 is 0. The van der Waals surface area contributed by atoms with Crippen LogP contribution in [-0.2, 0) is 16.0 Å². The van der Waals surface area contributed by atoms with Crippen molar-refractivity contribution >= 4 is 23.6 Å². The summed E-state index contributed by atoms with van der Waals surface area (Å²) in [5.41, 5.74) is 6.94. The molecule has 1 amide bonds. The number of nitrogens with one attached hydrogen (secondary N) is 1. The minimum atomic E-state index is -1.02. The summed E-state index contributed by atoms with van der Waals surface area (Å²) in [5.74, 6) is -0.747. The van der Waals surface area contributed by atoms with Crippen LogP contribution in [0.3, 0.4) is 0 Å². The first-order chi connectivity index (χ1) is 10.0. The molecule has 0 spiro atoms. The van der Waals surface area contributed by atoms with Crippen molar-refractivity contribution < 1.29 is 14.7 Å². The van der Waals surface area contributed by atoms with Gasteiger partial charge in [-0.25, -0.2) is 4.79 Å². The van der Waals surface area contributed by atoms with Crippen LogP contribution in [0.1, 0.15) is 18.4 Å². The van der Waals surface area contributed by atoms with Gasteiger partial charge < -0.3 is 16.2 Å². The number of hydrogen-bond donors (Lipinski definition) is 3. The average molecular weight is 310 g/mol. The maximum Gasteiger partial charge on any atom is 0.326 e.